The molecule has 2 aromatic rings. The van der Waals surface area contributed by atoms with Crippen molar-refractivity contribution in [3.63, 3.8) is 0 Å². The molecule has 3 N–H and O–H groups in total. The van der Waals surface area contributed by atoms with E-state index < -0.39 is 10.0 Å². The molecule has 0 unspecified atom stereocenters. The highest BCUT2D eigenvalue weighted by Gasteiger charge is 2.27. The van der Waals surface area contributed by atoms with Crippen LogP contribution in [0.3, 0.4) is 0 Å². The Morgan fingerprint density at radius 3 is 2.65 bits per heavy atom. The van der Waals surface area contributed by atoms with E-state index in [9.17, 15) is 8.42 Å². The van der Waals surface area contributed by atoms with Crippen LogP contribution in [0.25, 0.3) is 0 Å². The summed E-state index contributed by atoms with van der Waals surface area (Å²) in [6, 6.07) is 6.65. The summed E-state index contributed by atoms with van der Waals surface area (Å²) in [6.07, 6.45) is 1.32. The van der Waals surface area contributed by atoms with Crippen LogP contribution in [0.4, 0.5) is 11.4 Å². The number of nitrogen functional groups attached to an aromatic ring is 1. The number of sulfonamides is 1. The molecule has 0 fully saturated rings. The predicted molar refractivity (Wildman–Crippen MR) is 79.3 cm³/mol. The lowest BCUT2D eigenvalue weighted by atomic mass is 10.3. The monoisotopic (exact) mass is 313 g/mol. The third-order valence-electron chi connectivity index (χ3n) is 2.65. The van der Waals surface area contributed by atoms with Gasteiger partial charge < -0.3 is 10.8 Å². The van der Waals surface area contributed by atoms with Crippen LogP contribution in [-0.2, 0) is 10.0 Å². The SMILES string of the molecule is Cc1ncc(S(=O)(=O)N(CCO)c2ccccc2N)s1. The first-order valence-corrected chi connectivity index (χ1v) is 8.13. The summed E-state index contributed by atoms with van der Waals surface area (Å²) >= 11 is 1.09. The molecule has 0 atom stereocenters. The van der Waals surface area contributed by atoms with Crippen LogP contribution in [0.15, 0.2) is 34.7 Å². The van der Waals surface area contributed by atoms with Crippen LogP contribution >= 0.6 is 11.3 Å². The summed E-state index contributed by atoms with van der Waals surface area (Å²) < 4.78 is 26.5. The van der Waals surface area contributed by atoms with E-state index in [1.807, 2.05) is 0 Å². The molecule has 8 heteroatoms. The Bertz CT molecular complexity index is 697. The van der Waals surface area contributed by atoms with Gasteiger partial charge in [-0.1, -0.05) is 12.1 Å². The first-order chi connectivity index (χ1) is 9.46. The maximum Gasteiger partial charge on any atom is 0.275 e. The maximum absolute atomic E-state index is 12.6. The van der Waals surface area contributed by atoms with Gasteiger partial charge in [-0.3, -0.25) is 4.31 Å². The van der Waals surface area contributed by atoms with Crippen LogP contribution in [0.1, 0.15) is 5.01 Å². The molecule has 0 aliphatic carbocycles. The minimum absolute atomic E-state index is 0.0620. The van der Waals surface area contributed by atoms with Crippen molar-refractivity contribution in [1.29, 1.82) is 0 Å². The van der Waals surface area contributed by atoms with Crippen molar-refractivity contribution in [1.82, 2.24) is 4.98 Å². The standard InChI is InChI=1S/C12H15N3O3S2/c1-9-14-8-12(19-9)20(17,18)15(6-7-16)11-5-3-2-4-10(11)13/h2-5,8,16H,6-7,13H2,1H3. The third kappa shape index (κ3) is 2.77. The molecule has 0 radical (unpaired) electrons. The van der Waals surface area contributed by atoms with Crippen LogP contribution in [0.2, 0.25) is 0 Å². The number of nitrogens with two attached hydrogens (primary N) is 1. The van der Waals surface area contributed by atoms with E-state index >= 15 is 0 Å². The number of aromatic nitrogens is 1. The normalized spacial score (nSPS) is 11.5. The van der Waals surface area contributed by atoms with Gasteiger partial charge in [0.1, 0.15) is 0 Å². The second-order valence-electron chi connectivity index (χ2n) is 4.06. The third-order valence-corrected chi connectivity index (χ3v) is 5.82. The van der Waals surface area contributed by atoms with Crippen molar-refractivity contribution in [2.24, 2.45) is 0 Å². The fraction of sp³-hybridized carbons (Fsp3) is 0.250. The van der Waals surface area contributed by atoms with Gasteiger partial charge in [-0.05, 0) is 19.1 Å². The summed E-state index contributed by atoms with van der Waals surface area (Å²) in [7, 11) is -3.77. The minimum Gasteiger partial charge on any atom is -0.397 e. The molecule has 2 rings (SSSR count). The molecule has 0 bridgehead atoms. The van der Waals surface area contributed by atoms with Crippen LogP contribution in [-0.4, -0.2) is 31.7 Å². The zero-order chi connectivity index (χ0) is 14.8. The molecule has 1 heterocycles. The summed E-state index contributed by atoms with van der Waals surface area (Å²) in [5, 5.41) is 9.81. The van der Waals surface area contributed by atoms with E-state index in [4.69, 9.17) is 10.8 Å². The van der Waals surface area contributed by atoms with Crippen molar-refractivity contribution in [2.45, 2.75) is 11.1 Å². The Hall–Kier alpha value is -1.64. The molecule has 0 amide bonds. The number of thiazole rings is 1. The van der Waals surface area contributed by atoms with E-state index in [-0.39, 0.29) is 17.4 Å². The average molecular weight is 313 g/mol. The molecule has 0 saturated heterocycles. The molecule has 20 heavy (non-hydrogen) atoms. The lowest BCUT2D eigenvalue weighted by Crippen LogP contribution is -2.33. The molecular weight excluding hydrogens is 298 g/mol. The second kappa shape index (κ2) is 5.78. The molecule has 6 nitrogen and oxygen atoms in total. The number of rotatable bonds is 5. The number of para-hydroxylation sites is 2. The van der Waals surface area contributed by atoms with Crippen molar-refractivity contribution in [3.8, 4) is 0 Å². The van der Waals surface area contributed by atoms with Gasteiger partial charge in [-0.2, -0.15) is 0 Å². The molecule has 108 valence electrons. The first kappa shape index (κ1) is 14.8. The summed E-state index contributed by atoms with van der Waals surface area (Å²) in [4.78, 5) is 3.96. The van der Waals surface area contributed by atoms with Crippen molar-refractivity contribution in [2.75, 3.05) is 23.2 Å². The first-order valence-electron chi connectivity index (χ1n) is 5.87. The molecular formula is C12H15N3O3S2. The number of aliphatic hydroxyl groups excluding tert-OH is 1. The van der Waals surface area contributed by atoms with Gasteiger partial charge in [-0.15, -0.1) is 11.3 Å². The van der Waals surface area contributed by atoms with Gasteiger partial charge in [-0.25, -0.2) is 13.4 Å². The quantitative estimate of drug-likeness (QED) is 0.809. The van der Waals surface area contributed by atoms with Gasteiger partial charge in [0.25, 0.3) is 10.0 Å². The zero-order valence-electron chi connectivity index (χ0n) is 10.9. The Labute approximate surface area is 121 Å². The molecule has 0 aliphatic rings. The Morgan fingerprint density at radius 2 is 2.10 bits per heavy atom. The highest BCUT2D eigenvalue weighted by molar-refractivity contribution is 7.94. The number of hydrogen-bond acceptors (Lipinski definition) is 6. The summed E-state index contributed by atoms with van der Waals surface area (Å²) in [5.41, 5.74) is 6.52. The van der Waals surface area contributed by atoms with E-state index in [1.165, 1.54) is 6.20 Å². The fourth-order valence-electron chi connectivity index (χ4n) is 1.75. The number of benzene rings is 1. The van der Waals surface area contributed by atoms with Gasteiger partial charge in [0.05, 0.1) is 35.7 Å². The molecule has 1 aromatic heterocycles. The van der Waals surface area contributed by atoms with E-state index in [0.29, 0.717) is 16.4 Å². The summed E-state index contributed by atoms with van der Waals surface area (Å²) in [6.45, 7) is 1.37. The number of aliphatic hydroxyl groups is 1. The molecule has 1 aromatic carbocycles. The maximum atomic E-state index is 12.6. The average Bonchev–Trinajstić information content (AvgIpc) is 2.84. The molecule has 0 spiro atoms. The lowest BCUT2D eigenvalue weighted by molar-refractivity contribution is 0.307. The Morgan fingerprint density at radius 1 is 1.40 bits per heavy atom. The topological polar surface area (TPSA) is 96.5 Å². The van der Waals surface area contributed by atoms with Gasteiger partial charge in [0, 0.05) is 0 Å². The van der Waals surface area contributed by atoms with E-state index in [0.717, 1.165) is 15.6 Å². The lowest BCUT2D eigenvalue weighted by Gasteiger charge is -2.23. The number of anilines is 2. The number of aryl methyl sites for hydroxylation is 1. The smallest absolute Gasteiger partial charge is 0.275 e. The number of hydrogen-bond donors (Lipinski definition) is 2. The van der Waals surface area contributed by atoms with Crippen molar-refractivity contribution in [3.05, 3.63) is 35.5 Å². The van der Waals surface area contributed by atoms with E-state index in [2.05, 4.69) is 4.98 Å². The second-order valence-corrected chi connectivity index (χ2v) is 7.38. The van der Waals surface area contributed by atoms with Crippen LogP contribution in [0, 0.1) is 6.92 Å². The zero-order valence-corrected chi connectivity index (χ0v) is 12.5. The van der Waals surface area contributed by atoms with Crippen LogP contribution in [0.5, 0.6) is 0 Å². The highest BCUT2D eigenvalue weighted by atomic mass is 32.2. The van der Waals surface area contributed by atoms with Crippen molar-refractivity contribution >= 4 is 32.7 Å². The van der Waals surface area contributed by atoms with Crippen molar-refractivity contribution < 1.29 is 13.5 Å². The number of nitrogens with zero attached hydrogens (tertiary/aromatic N) is 2. The van der Waals surface area contributed by atoms with Gasteiger partial charge in [0.2, 0.25) is 0 Å². The minimum atomic E-state index is -3.77. The highest BCUT2D eigenvalue weighted by Crippen LogP contribution is 2.30. The van der Waals surface area contributed by atoms with Crippen LogP contribution < -0.4 is 10.0 Å². The predicted octanol–water partition coefficient (Wildman–Crippen LogP) is 1.22. The Kier molecular flexibility index (Phi) is 4.26. The largest absolute Gasteiger partial charge is 0.397 e. The van der Waals surface area contributed by atoms with Gasteiger partial charge in [0.15, 0.2) is 4.21 Å². The van der Waals surface area contributed by atoms with Gasteiger partial charge >= 0.3 is 0 Å². The molecule has 0 saturated carbocycles. The molecule has 0 aliphatic heterocycles. The van der Waals surface area contributed by atoms with E-state index in [1.54, 1.807) is 31.2 Å². The summed E-state index contributed by atoms with van der Waals surface area (Å²) in [5.74, 6) is 0. The fourth-order valence-corrected chi connectivity index (χ4v) is 4.45. The Balaban J connectivity index is 2.51.